The molecule has 0 saturated carbocycles. The van der Waals surface area contributed by atoms with Crippen molar-refractivity contribution >= 4 is 23.5 Å². The number of benzene rings is 1. The van der Waals surface area contributed by atoms with Gasteiger partial charge in [0.1, 0.15) is 5.75 Å². The second-order valence-electron chi connectivity index (χ2n) is 5.00. The molecule has 6 heteroatoms. The third-order valence-corrected chi connectivity index (χ3v) is 3.70. The first-order valence-corrected chi connectivity index (χ1v) is 6.22. The number of phenolic OH excluding ortho intramolecular Hbond substituents is 1. The van der Waals surface area contributed by atoms with Crippen LogP contribution < -0.4 is 0 Å². The first-order valence-electron chi connectivity index (χ1n) is 5.85. The zero-order valence-electron chi connectivity index (χ0n) is 10.4. The molecule has 0 spiro atoms. The van der Waals surface area contributed by atoms with Crippen molar-refractivity contribution in [3.8, 4) is 5.75 Å². The molecular formula is C13H14ClNO4. The molecule has 5 nitrogen and oxygen atoms in total. The minimum atomic E-state index is -0.919. The van der Waals surface area contributed by atoms with Crippen LogP contribution in [0, 0.1) is 5.41 Å². The topological polar surface area (TPSA) is 77.8 Å². The molecule has 2 rings (SSSR count). The highest BCUT2D eigenvalue weighted by Crippen LogP contribution is 2.32. The Bertz CT molecular complexity index is 545. The van der Waals surface area contributed by atoms with Crippen molar-refractivity contribution in [2.45, 2.75) is 13.3 Å². The van der Waals surface area contributed by atoms with Gasteiger partial charge in [-0.25, -0.2) is 0 Å². The van der Waals surface area contributed by atoms with Crippen molar-refractivity contribution in [3.63, 3.8) is 0 Å². The highest BCUT2D eigenvalue weighted by molar-refractivity contribution is 6.30. The van der Waals surface area contributed by atoms with Gasteiger partial charge in [-0.2, -0.15) is 0 Å². The van der Waals surface area contributed by atoms with Crippen LogP contribution in [0.15, 0.2) is 18.2 Å². The van der Waals surface area contributed by atoms with Gasteiger partial charge in [0.15, 0.2) is 0 Å². The smallest absolute Gasteiger partial charge is 0.311 e. The molecule has 19 heavy (non-hydrogen) atoms. The number of halogens is 1. The van der Waals surface area contributed by atoms with Gasteiger partial charge in [-0.05, 0) is 31.5 Å². The van der Waals surface area contributed by atoms with E-state index in [0.717, 1.165) is 0 Å². The van der Waals surface area contributed by atoms with Gasteiger partial charge in [0.2, 0.25) is 0 Å². The predicted octanol–water partition coefficient (Wildman–Crippen LogP) is 1.98. The molecule has 0 aromatic heterocycles. The summed E-state index contributed by atoms with van der Waals surface area (Å²) in [5, 5.41) is 19.2. The van der Waals surface area contributed by atoms with E-state index in [-0.39, 0.29) is 23.8 Å². The maximum Gasteiger partial charge on any atom is 0.311 e. The Morgan fingerprint density at radius 2 is 2.11 bits per heavy atom. The second kappa shape index (κ2) is 4.74. The SMILES string of the molecule is CC1(C(=O)O)CCN(C(=O)c2ccc(Cl)cc2O)C1. The predicted molar refractivity (Wildman–Crippen MR) is 69.4 cm³/mol. The Balaban J connectivity index is 2.20. The van der Waals surface area contributed by atoms with Crippen LogP contribution in [0.5, 0.6) is 5.75 Å². The molecule has 0 bridgehead atoms. The number of carbonyl (C=O) groups excluding carboxylic acids is 1. The zero-order valence-corrected chi connectivity index (χ0v) is 11.1. The average Bonchev–Trinajstić information content (AvgIpc) is 2.73. The Morgan fingerprint density at radius 3 is 2.63 bits per heavy atom. The van der Waals surface area contributed by atoms with Gasteiger partial charge >= 0.3 is 5.97 Å². The molecule has 1 atom stereocenters. The van der Waals surface area contributed by atoms with Crippen molar-refractivity contribution in [3.05, 3.63) is 28.8 Å². The number of phenols is 1. The van der Waals surface area contributed by atoms with Crippen LogP contribution in [-0.2, 0) is 4.79 Å². The van der Waals surface area contributed by atoms with Crippen LogP contribution in [0.1, 0.15) is 23.7 Å². The molecule has 102 valence electrons. The fraction of sp³-hybridized carbons (Fsp3) is 0.385. The third-order valence-electron chi connectivity index (χ3n) is 3.47. The highest BCUT2D eigenvalue weighted by Gasteiger charge is 2.42. The Hall–Kier alpha value is -1.75. The van der Waals surface area contributed by atoms with Gasteiger partial charge in [0.25, 0.3) is 5.91 Å². The summed E-state index contributed by atoms with van der Waals surface area (Å²) in [6.45, 7) is 2.12. The number of carboxylic acid groups (broad SMARTS) is 1. The fourth-order valence-corrected chi connectivity index (χ4v) is 2.33. The summed E-state index contributed by atoms with van der Waals surface area (Å²) in [5.41, 5.74) is -0.781. The number of amides is 1. The van der Waals surface area contributed by atoms with Crippen molar-refractivity contribution < 1.29 is 19.8 Å². The van der Waals surface area contributed by atoms with E-state index < -0.39 is 11.4 Å². The van der Waals surface area contributed by atoms with E-state index >= 15 is 0 Å². The molecule has 1 fully saturated rings. The van der Waals surface area contributed by atoms with Gasteiger partial charge in [0.05, 0.1) is 11.0 Å². The quantitative estimate of drug-likeness (QED) is 0.870. The fourth-order valence-electron chi connectivity index (χ4n) is 2.16. The van der Waals surface area contributed by atoms with Crippen molar-refractivity contribution in [1.29, 1.82) is 0 Å². The first-order chi connectivity index (χ1) is 8.83. The zero-order chi connectivity index (χ0) is 14.2. The molecule has 2 N–H and O–H groups in total. The highest BCUT2D eigenvalue weighted by atomic mass is 35.5. The van der Waals surface area contributed by atoms with E-state index in [2.05, 4.69) is 0 Å². The van der Waals surface area contributed by atoms with Crippen molar-refractivity contribution in [1.82, 2.24) is 4.90 Å². The van der Waals surface area contributed by atoms with Gasteiger partial charge in [-0.15, -0.1) is 0 Å². The summed E-state index contributed by atoms with van der Waals surface area (Å²) in [7, 11) is 0. The van der Waals surface area contributed by atoms with E-state index in [1.54, 1.807) is 6.92 Å². The summed E-state index contributed by atoms with van der Waals surface area (Å²) >= 11 is 5.71. The largest absolute Gasteiger partial charge is 0.507 e. The van der Waals surface area contributed by atoms with Crippen LogP contribution in [0.4, 0.5) is 0 Å². The molecule has 1 aromatic carbocycles. The first kappa shape index (κ1) is 13.7. The molecule has 0 radical (unpaired) electrons. The maximum absolute atomic E-state index is 12.2. The van der Waals surface area contributed by atoms with E-state index in [0.29, 0.717) is 18.0 Å². The Morgan fingerprint density at radius 1 is 1.42 bits per heavy atom. The molecule has 1 aliphatic rings. The summed E-state index contributed by atoms with van der Waals surface area (Å²) in [6, 6.07) is 4.25. The normalized spacial score (nSPS) is 22.5. The molecule has 1 saturated heterocycles. The molecule has 1 aliphatic heterocycles. The van der Waals surface area contributed by atoms with Gasteiger partial charge < -0.3 is 15.1 Å². The summed E-state index contributed by atoms with van der Waals surface area (Å²) in [4.78, 5) is 24.8. The second-order valence-corrected chi connectivity index (χ2v) is 5.44. The Kier molecular flexibility index (Phi) is 3.41. The van der Waals surface area contributed by atoms with Crippen LogP contribution >= 0.6 is 11.6 Å². The maximum atomic E-state index is 12.2. The average molecular weight is 284 g/mol. The monoisotopic (exact) mass is 283 g/mol. The van der Waals surface area contributed by atoms with Crippen molar-refractivity contribution in [2.24, 2.45) is 5.41 Å². The molecular weight excluding hydrogens is 270 g/mol. The van der Waals surface area contributed by atoms with E-state index in [9.17, 15) is 14.7 Å². The number of carbonyl (C=O) groups is 2. The van der Waals surface area contributed by atoms with Crippen LogP contribution in [0.2, 0.25) is 5.02 Å². The minimum Gasteiger partial charge on any atom is -0.507 e. The third kappa shape index (κ3) is 2.51. The number of likely N-dealkylation sites (tertiary alicyclic amines) is 1. The number of nitrogens with zero attached hydrogens (tertiary/aromatic N) is 1. The lowest BCUT2D eigenvalue weighted by Gasteiger charge is -2.20. The minimum absolute atomic E-state index is 0.138. The van der Waals surface area contributed by atoms with E-state index in [1.165, 1.54) is 23.1 Å². The number of hydrogen-bond donors (Lipinski definition) is 2. The number of carboxylic acids is 1. The van der Waals surface area contributed by atoms with Crippen LogP contribution in [0.3, 0.4) is 0 Å². The van der Waals surface area contributed by atoms with Crippen LogP contribution in [0.25, 0.3) is 0 Å². The molecule has 1 amide bonds. The van der Waals surface area contributed by atoms with Gasteiger partial charge in [0, 0.05) is 18.1 Å². The van der Waals surface area contributed by atoms with Gasteiger partial charge in [-0.3, -0.25) is 9.59 Å². The number of rotatable bonds is 2. The lowest BCUT2D eigenvalue weighted by Crippen LogP contribution is -2.34. The molecule has 1 aromatic rings. The molecule has 1 heterocycles. The molecule has 0 aliphatic carbocycles. The van der Waals surface area contributed by atoms with E-state index in [1.807, 2.05) is 0 Å². The molecule has 1 unspecified atom stereocenters. The van der Waals surface area contributed by atoms with Gasteiger partial charge in [-0.1, -0.05) is 11.6 Å². The van der Waals surface area contributed by atoms with Crippen molar-refractivity contribution in [2.75, 3.05) is 13.1 Å². The Labute approximate surface area is 115 Å². The summed E-state index contributed by atoms with van der Waals surface area (Å²) in [5.74, 6) is -1.48. The lowest BCUT2D eigenvalue weighted by molar-refractivity contribution is -0.147. The number of aliphatic carboxylic acids is 1. The van der Waals surface area contributed by atoms with Crippen LogP contribution in [-0.4, -0.2) is 40.1 Å². The number of hydrogen-bond acceptors (Lipinski definition) is 3. The number of aromatic hydroxyl groups is 1. The summed E-state index contributed by atoms with van der Waals surface area (Å²) in [6.07, 6.45) is 0.405. The lowest BCUT2D eigenvalue weighted by atomic mass is 9.90. The summed E-state index contributed by atoms with van der Waals surface area (Å²) < 4.78 is 0. The standard InChI is InChI=1S/C13H14ClNO4/c1-13(12(18)19)4-5-15(7-13)11(17)9-3-2-8(14)6-10(9)16/h2-3,6,16H,4-5,7H2,1H3,(H,18,19). The van der Waals surface area contributed by atoms with E-state index in [4.69, 9.17) is 16.7 Å².